The highest BCUT2D eigenvalue weighted by atomic mass is 16.5. The summed E-state index contributed by atoms with van der Waals surface area (Å²) in [5, 5.41) is 2.94. The number of amides is 2. The van der Waals surface area contributed by atoms with Crippen molar-refractivity contribution in [3.8, 4) is 0 Å². The van der Waals surface area contributed by atoms with Gasteiger partial charge >= 0.3 is 0 Å². The van der Waals surface area contributed by atoms with Crippen molar-refractivity contribution in [2.75, 3.05) is 25.0 Å². The van der Waals surface area contributed by atoms with E-state index in [1.54, 1.807) is 24.8 Å². The van der Waals surface area contributed by atoms with E-state index in [-0.39, 0.29) is 24.5 Å². The minimum Gasteiger partial charge on any atom is -0.466 e. The number of anilines is 1. The molecule has 1 aromatic carbocycles. The molecule has 6 nitrogen and oxygen atoms in total. The van der Waals surface area contributed by atoms with Crippen LogP contribution < -0.4 is 5.32 Å². The van der Waals surface area contributed by atoms with Crippen LogP contribution in [0, 0.1) is 27.7 Å². The van der Waals surface area contributed by atoms with E-state index in [2.05, 4.69) is 5.32 Å². The molecule has 1 saturated heterocycles. The normalized spacial score (nSPS) is 16.2. The van der Waals surface area contributed by atoms with Crippen LogP contribution in [-0.2, 0) is 9.53 Å². The highest BCUT2D eigenvalue weighted by Gasteiger charge is 2.27. The maximum atomic E-state index is 13.1. The van der Waals surface area contributed by atoms with Gasteiger partial charge in [-0.15, -0.1) is 0 Å². The molecule has 1 aromatic heterocycles. The number of benzene rings is 1. The molecule has 1 aliphatic rings. The van der Waals surface area contributed by atoms with Crippen molar-refractivity contribution < 1.29 is 18.7 Å². The molecule has 0 radical (unpaired) electrons. The molecule has 2 aromatic rings. The highest BCUT2D eigenvalue weighted by molar-refractivity contribution is 6.00. The number of nitrogens with one attached hydrogen (secondary N) is 1. The Morgan fingerprint density at radius 3 is 2.64 bits per heavy atom. The second kappa shape index (κ2) is 8.61. The Hall–Kier alpha value is -2.60. The molecule has 0 aliphatic carbocycles. The first kappa shape index (κ1) is 20.1. The first-order valence-corrected chi connectivity index (χ1v) is 9.69. The van der Waals surface area contributed by atoms with Crippen molar-refractivity contribution in [3.05, 3.63) is 52.5 Å². The fourth-order valence-corrected chi connectivity index (χ4v) is 3.52. The molecule has 2 amide bonds. The summed E-state index contributed by atoms with van der Waals surface area (Å²) < 4.78 is 11.2. The zero-order valence-electron chi connectivity index (χ0n) is 17.0. The summed E-state index contributed by atoms with van der Waals surface area (Å²) in [4.78, 5) is 27.4. The third-order valence-corrected chi connectivity index (χ3v) is 5.22. The summed E-state index contributed by atoms with van der Waals surface area (Å²) in [6.07, 6.45) is 1.84. The van der Waals surface area contributed by atoms with Gasteiger partial charge in [0.05, 0.1) is 11.7 Å². The smallest absolute Gasteiger partial charge is 0.257 e. The molecular weight excluding hydrogens is 356 g/mol. The van der Waals surface area contributed by atoms with E-state index in [0.717, 1.165) is 29.7 Å². The van der Waals surface area contributed by atoms with Crippen LogP contribution in [-0.4, -0.2) is 42.5 Å². The molecule has 1 atom stereocenters. The van der Waals surface area contributed by atoms with E-state index >= 15 is 0 Å². The zero-order chi connectivity index (χ0) is 20.3. The van der Waals surface area contributed by atoms with E-state index < -0.39 is 0 Å². The summed E-state index contributed by atoms with van der Waals surface area (Å²) in [7, 11) is 0. The van der Waals surface area contributed by atoms with Gasteiger partial charge in [0.15, 0.2) is 0 Å². The van der Waals surface area contributed by atoms with Gasteiger partial charge in [0.1, 0.15) is 18.1 Å². The fourth-order valence-electron chi connectivity index (χ4n) is 3.52. The second-order valence-electron chi connectivity index (χ2n) is 7.44. The first-order chi connectivity index (χ1) is 13.3. The van der Waals surface area contributed by atoms with Crippen LogP contribution in [0.1, 0.15) is 45.8 Å². The average Bonchev–Trinajstić information content (AvgIpc) is 3.27. The second-order valence-corrected chi connectivity index (χ2v) is 7.44. The molecule has 1 N–H and O–H groups in total. The van der Waals surface area contributed by atoms with E-state index in [1.165, 1.54) is 0 Å². The number of carbonyl (C=O) groups excluding carboxylic acids is 2. The molecule has 0 spiro atoms. The van der Waals surface area contributed by atoms with Crippen molar-refractivity contribution in [1.29, 1.82) is 0 Å². The van der Waals surface area contributed by atoms with Gasteiger partial charge in [-0.05, 0) is 63.8 Å². The Bertz CT molecular complexity index is 865. The summed E-state index contributed by atoms with van der Waals surface area (Å²) >= 11 is 0. The van der Waals surface area contributed by atoms with Crippen LogP contribution in [0.5, 0.6) is 0 Å². The maximum Gasteiger partial charge on any atom is 0.257 e. The van der Waals surface area contributed by atoms with Crippen LogP contribution >= 0.6 is 0 Å². The van der Waals surface area contributed by atoms with Crippen molar-refractivity contribution in [2.24, 2.45) is 0 Å². The standard InChI is InChI=1S/C22H28N2O4/c1-14-7-5-9-20(16(14)3)23-21(25)13-24(12-18-8-6-10-27-18)22(26)19-11-15(2)28-17(19)4/h5,7,9,11,18H,6,8,10,12-13H2,1-4H3,(H,23,25). The van der Waals surface area contributed by atoms with Crippen molar-refractivity contribution >= 4 is 17.5 Å². The number of hydrogen-bond acceptors (Lipinski definition) is 4. The molecule has 28 heavy (non-hydrogen) atoms. The lowest BCUT2D eigenvalue weighted by Crippen LogP contribution is -2.42. The van der Waals surface area contributed by atoms with Crippen LogP contribution in [0.4, 0.5) is 5.69 Å². The monoisotopic (exact) mass is 384 g/mol. The topological polar surface area (TPSA) is 71.8 Å². The quantitative estimate of drug-likeness (QED) is 0.823. The molecule has 6 heteroatoms. The summed E-state index contributed by atoms with van der Waals surface area (Å²) in [5.74, 6) is 0.811. The van der Waals surface area contributed by atoms with E-state index in [0.29, 0.717) is 30.2 Å². The van der Waals surface area contributed by atoms with Gasteiger partial charge in [0.2, 0.25) is 5.91 Å². The lowest BCUT2D eigenvalue weighted by Gasteiger charge is -2.25. The van der Waals surface area contributed by atoms with Gasteiger partial charge in [0, 0.05) is 18.8 Å². The highest BCUT2D eigenvalue weighted by Crippen LogP contribution is 2.20. The average molecular weight is 384 g/mol. The van der Waals surface area contributed by atoms with Crippen LogP contribution in [0.25, 0.3) is 0 Å². The Labute approximate surface area is 165 Å². The van der Waals surface area contributed by atoms with Gasteiger partial charge in [-0.2, -0.15) is 0 Å². The number of furan rings is 1. The lowest BCUT2D eigenvalue weighted by atomic mass is 10.1. The Morgan fingerprint density at radius 1 is 1.21 bits per heavy atom. The van der Waals surface area contributed by atoms with Gasteiger partial charge in [-0.3, -0.25) is 9.59 Å². The predicted octanol–water partition coefficient (Wildman–Crippen LogP) is 3.77. The molecule has 3 rings (SSSR count). The number of rotatable bonds is 6. The van der Waals surface area contributed by atoms with E-state index in [1.807, 2.05) is 32.0 Å². The van der Waals surface area contributed by atoms with Gasteiger partial charge in [0.25, 0.3) is 5.91 Å². The molecule has 1 fully saturated rings. The largest absolute Gasteiger partial charge is 0.466 e. The summed E-state index contributed by atoms with van der Waals surface area (Å²) in [6, 6.07) is 7.51. The van der Waals surface area contributed by atoms with Gasteiger partial charge in [-0.1, -0.05) is 12.1 Å². The van der Waals surface area contributed by atoms with Gasteiger partial charge in [-0.25, -0.2) is 0 Å². The summed E-state index contributed by atoms with van der Waals surface area (Å²) in [6.45, 7) is 8.60. The zero-order valence-corrected chi connectivity index (χ0v) is 17.0. The van der Waals surface area contributed by atoms with Crippen molar-refractivity contribution in [1.82, 2.24) is 4.90 Å². The molecule has 0 saturated carbocycles. The first-order valence-electron chi connectivity index (χ1n) is 9.69. The van der Waals surface area contributed by atoms with Crippen LogP contribution in [0.2, 0.25) is 0 Å². The SMILES string of the molecule is Cc1cc(C(=O)N(CC(=O)Nc2cccc(C)c2C)CC2CCCO2)c(C)o1. The van der Waals surface area contributed by atoms with Crippen LogP contribution in [0.3, 0.4) is 0 Å². The number of nitrogens with zero attached hydrogens (tertiary/aromatic N) is 1. The van der Waals surface area contributed by atoms with Crippen molar-refractivity contribution in [3.63, 3.8) is 0 Å². The molecule has 1 unspecified atom stereocenters. The molecule has 2 heterocycles. The van der Waals surface area contributed by atoms with Gasteiger partial charge < -0.3 is 19.4 Å². The third-order valence-electron chi connectivity index (χ3n) is 5.22. The van der Waals surface area contributed by atoms with Crippen LogP contribution in [0.15, 0.2) is 28.7 Å². The summed E-state index contributed by atoms with van der Waals surface area (Å²) in [5.41, 5.74) is 3.39. The predicted molar refractivity (Wildman–Crippen MR) is 108 cm³/mol. The Morgan fingerprint density at radius 2 is 2.00 bits per heavy atom. The van der Waals surface area contributed by atoms with E-state index in [9.17, 15) is 9.59 Å². The maximum absolute atomic E-state index is 13.1. The number of aryl methyl sites for hydroxylation is 3. The Balaban J connectivity index is 1.76. The molecule has 0 bridgehead atoms. The molecule has 1 aliphatic heterocycles. The lowest BCUT2D eigenvalue weighted by molar-refractivity contribution is -0.117. The van der Waals surface area contributed by atoms with E-state index in [4.69, 9.17) is 9.15 Å². The third kappa shape index (κ3) is 4.62. The fraction of sp³-hybridized carbons (Fsp3) is 0.455. The Kier molecular flexibility index (Phi) is 6.19. The molecular formula is C22H28N2O4. The number of carbonyl (C=O) groups is 2. The number of hydrogen-bond donors (Lipinski definition) is 1. The number of ether oxygens (including phenoxy) is 1. The molecule has 150 valence electrons. The van der Waals surface area contributed by atoms with Crippen molar-refractivity contribution in [2.45, 2.75) is 46.6 Å². The minimum atomic E-state index is -0.224. The minimum absolute atomic E-state index is 0.0320.